The average molecular weight is 236 g/mol. The Morgan fingerprint density at radius 3 is 2.62 bits per heavy atom. The van der Waals surface area contributed by atoms with Crippen molar-refractivity contribution in [1.82, 2.24) is 9.78 Å². The zero-order valence-corrected chi connectivity index (χ0v) is 10.1. The maximum atomic E-state index is 6.06. The molecule has 3 nitrogen and oxygen atoms in total. The summed E-state index contributed by atoms with van der Waals surface area (Å²) in [7, 11) is 1.82. The van der Waals surface area contributed by atoms with Crippen molar-refractivity contribution < 1.29 is 0 Å². The zero-order chi connectivity index (χ0) is 11.7. The predicted molar refractivity (Wildman–Crippen MR) is 67.4 cm³/mol. The van der Waals surface area contributed by atoms with Crippen molar-refractivity contribution in [1.29, 1.82) is 0 Å². The van der Waals surface area contributed by atoms with Crippen molar-refractivity contribution in [2.75, 3.05) is 5.73 Å². The molecular formula is C12H14ClN3. The molecule has 0 saturated carbocycles. The molecule has 0 aliphatic heterocycles. The fourth-order valence-corrected chi connectivity index (χ4v) is 1.88. The molecule has 16 heavy (non-hydrogen) atoms. The smallest absolute Gasteiger partial charge is 0.121 e. The number of aromatic nitrogens is 2. The lowest BCUT2D eigenvalue weighted by Gasteiger charge is -2.02. The van der Waals surface area contributed by atoms with Crippen LogP contribution in [0.1, 0.15) is 12.5 Å². The van der Waals surface area contributed by atoms with Crippen molar-refractivity contribution in [3.8, 4) is 11.3 Å². The van der Waals surface area contributed by atoms with Gasteiger partial charge in [0.15, 0.2) is 0 Å². The quantitative estimate of drug-likeness (QED) is 0.870. The summed E-state index contributed by atoms with van der Waals surface area (Å²) in [6.07, 6.45) is 0.954. The van der Waals surface area contributed by atoms with Crippen LogP contribution in [-0.2, 0) is 13.5 Å². The van der Waals surface area contributed by atoms with Gasteiger partial charge < -0.3 is 5.73 Å². The SMILES string of the molecule is CCc1cc(Cl)cc(-c2cc(N)n(C)n2)c1. The number of hydrogen-bond donors (Lipinski definition) is 1. The van der Waals surface area contributed by atoms with E-state index >= 15 is 0 Å². The molecule has 0 fully saturated rings. The number of halogens is 1. The van der Waals surface area contributed by atoms with Gasteiger partial charge in [0, 0.05) is 23.7 Å². The number of benzene rings is 1. The van der Waals surface area contributed by atoms with Gasteiger partial charge in [-0.05, 0) is 30.2 Å². The summed E-state index contributed by atoms with van der Waals surface area (Å²) in [5.74, 6) is 0.646. The highest BCUT2D eigenvalue weighted by Crippen LogP contribution is 2.25. The summed E-state index contributed by atoms with van der Waals surface area (Å²) < 4.78 is 1.65. The first-order valence-electron chi connectivity index (χ1n) is 5.19. The van der Waals surface area contributed by atoms with E-state index in [1.807, 2.05) is 25.2 Å². The first-order chi connectivity index (χ1) is 7.60. The summed E-state index contributed by atoms with van der Waals surface area (Å²) in [4.78, 5) is 0. The molecule has 1 aromatic heterocycles. The monoisotopic (exact) mass is 235 g/mol. The van der Waals surface area contributed by atoms with Gasteiger partial charge in [0.1, 0.15) is 5.82 Å². The highest BCUT2D eigenvalue weighted by atomic mass is 35.5. The molecule has 0 unspecified atom stereocenters. The third-order valence-electron chi connectivity index (χ3n) is 2.58. The van der Waals surface area contributed by atoms with E-state index in [2.05, 4.69) is 18.1 Å². The van der Waals surface area contributed by atoms with Crippen molar-refractivity contribution in [3.05, 3.63) is 34.9 Å². The van der Waals surface area contributed by atoms with Gasteiger partial charge in [-0.25, -0.2) is 0 Å². The number of nitrogen functional groups attached to an aromatic ring is 1. The molecule has 2 aromatic rings. The minimum atomic E-state index is 0.646. The number of nitrogens with two attached hydrogens (primary N) is 1. The van der Waals surface area contributed by atoms with E-state index in [4.69, 9.17) is 17.3 Å². The van der Waals surface area contributed by atoms with Crippen LogP contribution in [0.3, 0.4) is 0 Å². The maximum Gasteiger partial charge on any atom is 0.121 e. The van der Waals surface area contributed by atoms with Crippen molar-refractivity contribution in [3.63, 3.8) is 0 Å². The van der Waals surface area contributed by atoms with Crippen LogP contribution >= 0.6 is 11.6 Å². The van der Waals surface area contributed by atoms with E-state index in [0.717, 1.165) is 22.7 Å². The van der Waals surface area contributed by atoms with Crippen LogP contribution in [0.2, 0.25) is 5.02 Å². The minimum absolute atomic E-state index is 0.646. The third kappa shape index (κ3) is 2.04. The van der Waals surface area contributed by atoms with Gasteiger partial charge in [-0.1, -0.05) is 18.5 Å². The van der Waals surface area contributed by atoms with Gasteiger partial charge in [-0.3, -0.25) is 4.68 Å². The molecular weight excluding hydrogens is 222 g/mol. The minimum Gasteiger partial charge on any atom is -0.384 e. The van der Waals surface area contributed by atoms with Crippen LogP contribution in [-0.4, -0.2) is 9.78 Å². The number of hydrogen-bond acceptors (Lipinski definition) is 2. The number of rotatable bonds is 2. The second-order valence-corrected chi connectivity index (χ2v) is 4.22. The lowest BCUT2D eigenvalue weighted by Crippen LogP contribution is -1.96. The summed E-state index contributed by atoms with van der Waals surface area (Å²) >= 11 is 6.06. The molecule has 2 N–H and O–H groups in total. The highest BCUT2D eigenvalue weighted by molar-refractivity contribution is 6.30. The predicted octanol–water partition coefficient (Wildman–Crippen LogP) is 2.89. The molecule has 0 aliphatic rings. The fraction of sp³-hybridized carbons (Fsp3) is 0.250. The first kappa shape index (κ1) is 11.0. The van der Waals surface area contributed by atoms with Crippen LogP contribution in [0.25, 0.3) is 11.3 Å². The number of anilines is 1. The van der Waals surface area contributed by atoms with E-state index in [1.165, 1.54) is 5.56 Å². The van der Waals surface area contributed by atoms with Crippen LogP contribution in [0.4, 0.5) is 5.82 Å². The van der Waals surface area contributed by atoms with E-state index in [9.17, 15) is 0 Å². The molecule has 0 bridgehead atoms. The Hall–Kier alpha value is -1.48. The van der Waals surface area contributed by atoms with E-state index in [1.54, 1.807) is 4.68 Å². The van der Waals surface area contributed by atoms with E-state index < -0.39 is 0 Å². The molecule has 1 aromatic carbocycles. The van der Waals surface area contributed by atoms with Crippen LogP contribution in [0.5, 0.6) is 0 Å². The first-order valence-corrected chi connectivity index (χ1v) is 5.57. The Morgan fingerprint density at radius 1 is 1.31 bits per heavy atom. The Bertz CT molecular complexity index is 497. The molecule has 0 amide bonds. The molecule has 0 spiro atoms. The molecule has 84 valence electrons. The summed E-state index contributed by atoms with van der Waals surface area (Å²) in [5, 5.41) is 5.06. The molecule has 1 heterocycles. The largest absolute Gasteiger partial charge is 0.384 e. The van der Waals surface area contributed by atoms with Gasteiger partial charge in [0.2, 0.25) is 0 Å². The summed E-state index contributed by atoms with van der Waals surface area (Å²) in [6, 6.07) is 7.82. The molecule has 0 aliphatic carbocycles. The van der Waals surface area contributed by atoms with Gasteiger partial charge >= 0.3 is 0 Å². The second kappa shape index (κ2) is 4.18. The fourth-order valence-electron chi connectivity index (χ4n) is 1.63. The lowest BCUT2D eigenvalue weighted by molar-refractivity contribution is 0.782. The molecule has 0 saturated heterocycles. The van der Waals surface area contributed by atoms with Gasteiger partial charge in [-0.2, -0.15) is 5.10 Å². The Morgan fingerprint density at radius 2 is 2.06 bits per heavy atom. The van der Waals surface area contributed by atoms with Crippen LogP contribution in [0, 0.1) is 0 Å². The van der Waals surface area contributed by atoms with Crippen molar-refractivity contribution in [2.45, 2.75) is 13.3 Å². The molecule has 2 rings (SSSR count). The average Bonchev–Trinajstić information content (AvgIpc) is 2.58. The standard InChI is InChI=1S/C12H14ClN3/c1-3-8-4-9(6-10(13)5-8)11-7-12(14)16(2)15-11/h4-7H,3,14H2,1-2H3. The van der Waals surface area contributed by atoms with Crippen LogP contribution in [0.15, 0.2) is 24.3 Å². The lowest BCUT2D eigenvalue weighted by atomic mass is 10.1. The van der Waals surface area contributed by atoms with Gasteiger partial charge in [-0.15, -0.1) is 0 Å². The van der Waals surface area contributed by atoms with E-state index in [-0.39, 0.29) is 0 Å². The molecule has 0 atom stereocenters. The Kier molecular flexibility index (Phi) is 2.88. The van der Waals surface area contributed by atoms with Gasteiger partial charge in [0.25, 0.3) is 0 Å². The summed E-state index contributed by atoms with van der Waals surface area (Å²) in [5.41, 5.74) is 8.82. The normalized spacial score (nSPS) is 10.7. The number of nitrogens with zero attached hydrogens (tertiary/aromatic N) is 2. The second-order valence-electron chi connectivity index (χ2n) is 3.78. The summed E-state index contributed by atoms with van der Waals surface area (Å²) in [6.45, 7) is 2.10. The van der Waals surface area contributed by atoms with Crippen molar-refractivity contribution in [2.24, 2.45) is 7.05 Å². The topological polar surface area (TPSA) is 43.8 Å². The van der Waals surface area contributed by atoms with E-state index in [0.29, 0.717) is 5.82 Å². The number of aryl methyl sites for hydroxylation is 2. The van der Waals surface area contributed by atoms with Gasteiger partial charge in [0.05, 0.1) is 5.69 Å². The van der Waals surface area contributed by atoms with Crippen molar-refractivity contribution >= 4 is 17.4 Å². The molecule has 0 radical (unpaired) electrons. The zero-order valence-electron chi connectivity index (χ0n) is 9.37. The highest BCUT2D eigenvalue weighted by Gasteiger charge is 2.06. The third-order valence-corrected chi connectivity index (χ3v) is 2.80. The Balaban J connectivity index is 2.50. The van der Waals surface area contributed by atoms with Crippen LogP contribution < -0.4 is 5.73 Å². The maximum absolute atomic E-state index is 6.06. The Labute approximate surface area is 99.8 Å². The molecule has 4 heteroatoms.